The van der Waals surface area contributed by atoms with Gasteiger partial charge in [0.25, 0.3) is 0 Å². The first-order valence-electron chi connectivity index (χ1n) is 5.06. The Bertz CT molecular complexity index is 290. The van der Waals surface area contributed by atoms with E-state index in [1.54, 1.807) is 30.3 Å². The van der Waals surface area contributed by atoms with Crippen LogP contribution in [-0.2, 0) is 5.67 Å². The van der Waals surface area contributed by atoms with Gasteiger partial charge < -0.3 is 0 Å². The van der Waals surface area contributed by atoms with Crippen molar-refractivity contribution in [3.63, 3.8) is 0 Å². The molecule has 0 aliphatic carbocycles. The van der Waals surface area contributed by atoms with Gasteiger partial charge in [0.1, 0.15) is 5.67 Å². The number of rotatable bonds is 2. The predicted octanol–water partition coefficient (Wildman–Crippen LogP) is 3.28. The minimum atomic E-state index is -2.24. The average Bonchev–Trinajstić information content (AvgIpc) is 2.01. The van der Waals surface area contributed by atoms with E-state index >= 15 is 0 Å². The third-order valence-corrected chi connectivity index (χ3v) is 1.71. The zero-order chi connectivity index (χ0) is 10.8. The van der Waals surface area contributed by atoms with Gasteiger partial charge in [-0.05, 0) is 18.9 Å². The van der Waals surface area contributed by atoms with Gasteiger partial charge in [0.05, 0.1) is 0 Å². The molecule has 0 unspecified atom stereocenters. The molecule has 11 heavy (non-hydrogen) atoms. The van der Waals surface area contributed by atoms with Crippen molar-refractivity contribution in [2.75, 3.05) is 0 Å². The van der Waals surface area contributed by atoms with Gasteiger partial charge in [-0.25, -0.2) is 4.39 Å². The fourth-order valence-electron chi connectivity index (χ4n) is 0.888. The first-order valence-corrected chi connectivity index (χ1v) is 3.56. The highest BCUT2D eigenvalue weighted by Gasteiger charge is 2.21. The van der Waals surface area contributed by atoms with Gasteiger partial charge in [-0.15, -0.1) is 0 Å². The molecule has 1 atom stereocenters. The number of benzene rings is 1. The molecule has 0 aliphatic rings. The Morgan fingerprint density at radius 3 is 2.64 bits per heavy atom. The Hall–Kier alpha value is -0.850. The third kappa shape index (κ3) is 1.79. The number of halogens is 1. The van der Waals surface area contributed by atoms with Gasteiger partial charge in [-0.1, -0.05) is 37.2 Å². The van der Waals surface area contributed by atoms with E-state index < -0.39 is 18.9 Å². The summed E-state index contributed by atoms with van der Waals surface area (Å²) in [5, 5.41) is 0. The van der Waals surface area contributed by atoms with Crippen LogP contribution in [0.2, 0.25) is 0 Å². The summed E-state index contributed by atoms with van der Waals surface area (Å²) in [6.07, 6.45) is -0.454. The summed E-state index contributed by atoms with van der Waals surface area (Å²) in [4.78, 5) is 0. The molecule has 0 aromatic heterocycles. The molecule has 1 heteroatoms. The molecule has 1 rings (SSSR count). The van der Waals surface area contributed by atoms with Crippen molar-refractivity contribution in [1.82, 2.24) is 0 Å². The quantitative estimate of drug-likeness (QED) is 0.614. The van der Waals surface area contributed by atoms with Crippen molar-refractivity contribution in [1.29, 1.82) is 0 Å². The van der Waals surface area contributed by atoms with Crippen molar-refractivity contribution in [3.05, 3.63) is 35.9 Å². The summed E-state index contributed by atoms with van der Waals surface area (Å²) in [6, 6.07) is 8.38. The summed E-state index contributed by atoms with van der Waals surface area (Å²) in [7, 11) is 0. The molecule has 0 amide bonds. The first-order chi connectivity index (χ1) is 6.31. The largest absolute Gasteiger partial charge is 0.239 e. The maximum absolute atomic E-state index is 14.0. The molecule has 0 heterocycles. The molecular weight excluding hydrogens is 139 g/mol. The summed E-state index contributed by atoms with van der Waals surface area (Å²) in [5.74, 6) is 0. The topological polar surface area (TPSA) is 0 Å². The minimum Gasteiger partial charge on any atom is -0.239 e. The maximum Gasteiger partial charge on any atom is 0.133 e. The van der Waals surface area contributed by atoms with E-state index in [4.69, 9.17) is 4.11 Å². The summed E-state index contributed by atoms with van der Waals surface area (Å²) in [6.45, 7) is -0.936. The molecule has 1 aromatic rings. The van der Waals surface area contributed by atoms with Gasteiger partial charge >= 0.3 is 0 Å². The highest BCUT2D eigenvalue weighted by Crippen LogP contribution is 2.27. The highest BCUT2D eigenvalue weighted by molar-refractivity contribution is 5.21. The Kier molecular flexibility index (Phi) is 1.36. The monoisotopic (exact) mass is 155 g/mol. The van der Waals surface area contributed by atoms with Crippen LogP contribution in [-0.4, -0.2) is 0 Å². The Labute approximate surface area is 71.3 Å². The zero-order valence-corrected chi connectivity index (χ0v) is 6.47. The average molecular weight is 155 g/mol. The lowest BCUT2D eigenvalue weighted by atomic mass is 9.96. The normalized spacial score (nSPS) is 21.1. The maximum atomic E-state index is 14.0. The predicted molar refractivity (Wildman–Crippen MR) is 45.2 cm³/mol. The molecule has 0 nitrogen and oxygen atoms in total. The molecule has 60 valence electrons. The number of alkyl halides is 1. The Balaban J connectivity index is 2.86. The number of hydrogen-bond donors (Lipinski definition) is 0. The smallest absolute Gasteiger partial charge is 0.133 e. The van der Waals surface area contributed by atoms with Crippen molar-refractivity contribution >= 4 is 0 Å². The highest BCUT2D eigenvalue weighted by atomic mass is 19.1. The van der Waals surface area contributed by atoms with Gasteiger partial charge in [-0.2, -0.15) is 0 Å². The SMILES string of the molecule is [2H]C([2H])([2H])C[C@](C)(F)c1ccccc1. The standard InChI is InChI=1S/C10H13F/c1-3-10(2,11)9-7-5-4-6-8-9/h4-8H,3H2,1-2H3/t10-/m0/s1/i1D3. The van der Waals surface area contributed by atoms with Crippen LogP contribution in [0.1, 0.15) is 29.9 Å². The minimum absolute atomic E-state index is 0.413. The van der Waals surface area contributed by atoms with Gasteiger partial charge in [0, 0.05) is 4.11 Å². The first kappa shape index (κ1) is 4.91. The fraction of sp³-hybridized carbons (Fsp3) is 0.400. The zero-order valence-electron chi connectivity index (χ0n) is 9.47. The van der Waals surface area contributed by atoms with E-state index in [2.05, 4.69) is 0 Å². The molecule has 0 saturated carbocycles. The summed E-state index contributed by atoms with van der Waals surface area (Å²) in [5.41, 5.74) is -1.37. The van der Waals surface area contributed by atoms with Crippen LogP contribution < -0.4 is 0 Å². The van der Waals surface area contributed by atoms with E-state index in [0.29, 0.717) is 5.56 Å². The van der Waals surface area contributed by atoms with Gasteiger partial charge in [-0.3, -0.25) is 0 Å². The van der Waals surface area contributed by atoms with Crippen LogP contribution in [0.4, 0.5) is 4.39 Å². The van der Waals surface area contributed by atoms with Crippen molar-refractivity contribution < 1.29 is 8.50 Å². The van der Waals surface area contributed by atoms with Crippen LogP contribution in [0.3, 0.4) is 0 Å². The van der Waals surface area contributed by atoms with E-state index in [1.165, 1.54) is 6.92 Å². The van der Waals surface area contributed by atoms with E-state index in [9.17, 15) is 4.39 Å². The molecule has 1 aromatic carbocycles. The van der Waals surface area contributed by atoms with Crippen LogP contribution in [0.5, 0.6) is 0 Å². The second-order valence-electron chi connectivity index (χ2n) is 2.74. The molecule has 0 bridgehead atoms. The molecule has 0 saturated heterocycles. The van der Waals surface area contributed by atoms with Gasteiger partial charge in [0.15, 0.2) is 0 Å². The van der Waals surface area contributed by atoms with Crippen LogP contribution in [0.15, 0.2) is 30.3 Å². The molecular formula is C10H13F. The Morgan fingerprint density at radius 2 is 2.09 bits per heavy atom. The summed E-state index contributed by atoms with van der Waals surface area (Å²) >= 11 is 0. The second-order valence-corrected chi connectivity index (χ2v) is 2.74. The molecule has 0 N–H and O–H groups in total. The van der Waals surface area contributed by atoms with Crippen molar-refractivity contribution in [2.24, 2.45) is 0 Å². The van der Waals surface area contributed by atoms with Crippen LogP contribution in [0, 0.1) is 0 Å². The van der Waals surface area contributed by atoms with E-state index in [0.717, 1.165) is 0 Å². The fourth-order valence-corrected chi connectivity index (χ4v) is 0.888. The van der Waals surface area contributed by atoms with Crippen LogP contribution in [0.25, 0.3) is 0 Å². The van der Waals surface area contributed by atoms with Crippen molar-refractivity contribution in [2.45, 2.75) is 25.9 Å². The lowest BCUT2D eigenvalue weighted by molar-refractivity contribution is 0.185. The van der Waals surface area contributed by atoms with Gasteiger partial charge in [0.2, 0.25) is 0 Å². The summed E-state index contributed by atoms with van der Waals surface area (Å²) < 4.78 is 35.0. The Morgan fingerprint density at radius 1 is 1.45 bits per heavy atom. The molecule has 0 aliphatic heterocycles. The third-order valence-electron chi connectivity index (χ3n) is 1.71. The lowest BCUT2D eigenvalue weighted by Crippen LogP contribution is -2.12. The van der Waals surface area contributed by atoms with Crippen molar-refractivity contribution in [3.8, 4) is 0 Å². The van der Waals surface area contributed by atoms with E-state index in [1.807, 2.05) is 0 Å². The number of hydrogen-bond acceptors (Lipinski definition) is 0. The molecule has 0 radical (unpaired) electrons. The molecule has 0 fully saturated rings. The molecule has 0 spiro atoms. The van der Waals surface area contributed by atoms with E-state index in [-0.39, 0.29) is 0 Å². The van der Waals surface area contributed by atoms with Crippen LogP contribution >= 0.6 is 0 Å². The second kappa shape index (κ2) is 3.04. The lowest BCUT2D eigenvalue weighted by Gasteiger charge is -2.17.